The molecule has 5 heteroatoms. The van der Waals surface area contributed by atoms with Crippen LogP contribution < -0.4 is 0 Å². The number of benzene rings is 2. The van der Waals surface area contributed by atoms with Crippen molar-refractivity contribution in [2.75, 3.05) is 5.75 Å². The van der Waals surface area contributed by atoms with Crippen molar-refractivity contribution in [3.05, 3.63) is 42.0 Å². The summed E-state index contributed by atoms with van der Waals surface area (Å²) in [6, 6.07) is 11.7. The number of aromatic nitrogens is 3. The van der Waals surface area contributed by atoms with E-state index in [1.54, 1.807) is 6.07 Å². The quantitative estimate of drug-likeness (QED) is 0.377. The zero-order valence-electron chi connectivity index (χ0n) is 15.6. The first-order chi connectivity index (χ1) is 12.7. The highest BCUT2D eigenvalue weighted by molar-refractivity contribution is 7.99. The Balaban J connectivity index is 1.63. The minimum absolute atomic E-state index is 0.188. The van der Waals surface area contributed by atoms with E-state index >= 15 is 0 Å². The van der Waals surface area contributed by atoms with Crippen molar-refractivity contribution in [2.24, 2.45) is 0 Å². The fourth-order valence-corrected chi connectivity index (χ4v) is 3.90. The van der Waals surface area contributed by atoms with Crippen LogP contribution in [0.4, 0.5) is 0 Å². The third kappa shape index (κ3) is 4.79. The molecule has 0 aliphatic heterocycles. The molecule has 2 aromatic carbocycles. The molecule has 138 valence electrons. The van der Waals surface area contributed by atoms with Gasteiger partial charge in [-0.2, -0.15) is 0 Å². The average Bonchev–Trinajstić information content (AvgIpc) is 3.06. The number of thioether (sulfide) groups is 1. The lowest BCUT2D eigenvalue weighted by molar-refractivity contribution is 0.467. The minimum atomic E-state index is 0.188. The van der Waals surface area contributed by atoms with Crippen molar-refractivity contribution in [1.82, 2.24) is 15.0 Å². The molecule has 0 aliphatic carbocycles. The number of unbranched alkanes of at least 4 members (excludes halogenated alkanes) is 5. The second-order valence-electron chi connectivity index (χ2n) is 6.75. The number of phenols is 1. The van der Waals surface area contributed by atoms with E-state index in [-0.39, 0.29) is 5.75 Å². The number of aromatic hydroxyl groups is 1. The fourth-order valence-electron chi connectivity index (χ4n) is 2.96. The minimum Gasteiger partial charge on any atom is -0.506 e. The monoisotopic (exact) mass is 369 g/mol. The van der Waals surface area contributed by atoms with Gasteiger partial charge in [0.15, 0.2) is 0 Å². The van der Waals surface area contributed by atoms with Gasteiger partial charge in [-0.15, -0.1) is 26.8 Å². The molecule has 0 saturated heterocycles. The molecule has 0 saturated carbocycles. The first kappa shape index (κ1) is 18.8. The van der Waals surface area contributed by atoms with E-state index in [4.69, 9.17) is 0 Å². The molecular weight excluding hydrogens is 342 g/mol. The Hall–Kier alpha value is -2.01. The van der Waals surface area contributed by atoms with Crippen molar-refractivity contribution in [3.63, 3.8) is 0 Å². The van der Waals surface area contributed by atoms with E-state index in [0.717, 1.165) is 22.3 Å². The molecule has 3 rings (SSSR count). The molecule has 0 radical (unpaired) electrons. The summed E-state index contributed by atoms with van der Waals surface area (Å²) in [7, 11) is 0. The highest BCUT2D eigenvalue weighted by Crippen LogP contribution is 2.26. The standard InChI is InChI=1S/C21H27N3OS/c1-3-4-5-6-7-8-13-26-17-10-11-18-19(15-17)23-24(22-18)20-14-16(2)9-12-21(20)25/h9-12,14-15,25H,3-8,13H2,1-2H3. The zero-order chi connectivity index (χ0) is 18.4. The smallest absolute Gasteiger partial charge is 0.143 e. The van der Waals surface area contributed by atoms with E-state index < -0.39 is 0 Å². The van der Waals surface area contributed by atoms with Crippen molar-refractivity contribution >= 4 is 22.8 Å². The topological polar surface area (TPSA) is 50.9 Å². The maximum absolute atomic E-state index is 10.1. The summed E-state index contributed by atoms with van der Waals surface area (Å²) in [6.07, 6.45) is 7.95. The summed E-state index contributed by atoms with van der Waals surface area (Å²) in [4.78, 5) is 2.75. The van der Waals surface area contributed by atoms with Crippen LogP contribution in [0.1, 0.15) is 51.0 Å². The summed E-state index contributed by atoms with van der Waals surface area (Å²) in [5, 5.41) is 19.1. The molecule has 0 fully saturated rings. The van der Waals surface area contributed by atoms with Gasteiger partial charge >= 0.3 is 0 Å². The first-order valence-corrected chi connectivity index (χ1v) is 10.5. The van der Waals surface area contributed by atoms with E-state index in [9.17, 15) is 5.11 Å². The molecule has 0 atom stereocenters. The molecule has 0 bridgehead atoms. The third-order valence-electron chi connectivity index (χ3n) is 4.46. The zero-order valence-corrected chi connectivity index (χ0v) is 16.4. The van der Waals surface area contributed by atoms with Crippen LogP contribution in [0.25, 0.3) is 16.7 Å². The molecule has 1 aromatic heterocycles. The van der Waals surface area contributed by atoms with Crippen molar-refractivity contribution in [2.45, 2.75) is 57.3 Å². The molecule has 0 amide bonds. The van der Waals surface area contributed by atoms with Gasteiger partial charge < -0.3 is 5.11 Å². The Morgan fingerprint density at radius 3 is 2.54 bits per heavy atom. The molecule has 0 unspecified atom stereocenters. The number of phenolic OH excluding ortho intramolecular Hbond substituents is 1. The second-order valence-corrected chi connectivity index (χ2v) is 7.92. The molecule has 1 N–H and O–H groups in total. The molecule has 4 nitrogen and oxygen atoms in total. The van der Waals surface area contributed by atoms with Crippen LogP contribution in [0, 0.1) is 6.92 Å². The van der Waals surface area contributed by atoms with Crippen LogP contribution in [0.15, 0.2) is 41.3 Å². The highest BCUT2D eigenvalue weighted by Gasteiger charge is 2.09. The van der Waals surface area contributed by atoms with E-state index in [0.29, 0.717) is 5.69 Å². The second kappa shape index (κ2) is 9.08. The lowest BCUT2D eigenvalue weighted by Gasteiger charge is -2.03. The van der Waals surface area contributed by atoms with Gasteiger partial charge in [-0.05, 0) is 55.0 Å². The molecular formula is C21H27N3OS. The summed E-state index contributed by atoms with van der Waals surface area (Å²) >= 11 is 1.88. The Kier molecular flexibility index (Phi) is 6.56. The van der Waals surface area contributed by atoms with Gasteiger partial charge in [-0.1, -0.05) is 45.1 Å². The Morgan fingerprint density at radius 1 is 0.923 bits per heavy atom. The summed E-state index contributed by atoms with van der Waals surface area (Å²) in [5.41, 5.74) is 3.38. The number of hydrogen-bond donors (Lipinski definition) is 1. The van der Waals surface area contributed by atoms with Crippen LogP contribution >= 0.6 is 11.8 Å². The number of rotatable bonds is 9. The molecule has 0 spiro atoms. The van der Waals surface area contributed by atoms with Gasteiger partial charge in [0.25, 0.3) is 0 Å². The van der Waals surface area contributed by atoms with Crippen LogP contribution in [0.3, 0.4) is 0 Å². The van der Waals surface area contributed by atoms with Gasteiger partial charge in [0.2, 0.25) is 0 Å². The van der Waals surface area contributed by atoms with E-state index in [2.05, 4.69) is 29.3 Å². The van der Waals surface area contributed by atoms with Crippen molar-refractivity contribution in [1.29, 1.82) is 0 Å². The lowest BCUT2D eigenvalue weighted by Crippen LogP contribution is -1.99. The molecule has 26 heavy (non-hydrogen) atoms. The Labute approximate surface area is 159 Å². The van der Waals surface area contributed by atoms with Gasteiger partial charge in [0.05, 0.1) is 0 Å². The van der Waals surface area contributed by atoms with Crippen LogP contribution in [-0.4, -0.2) is 25.9 Å². The average molecular weight is 370 g/mol. The molecule has 0 aliphatic rings. The van der Waals surface area contributed by atoms with Crippen LogP contribution in [-0.2, 0) is 0 Å². The van der Waals surface area contributed by atoms with E-state index in [1.807, 2.05) is 36.9 Å². The Morgan fingerprint density at radius 2 is 1.69 bits per heavy atom. The van der Waals surface area contributed by atoms with Crippen LogP contribution in [0.2, 0.25) is 0 Å². The number of nitrogens with zero attached hydrogens (tertiary/aromatic N) is 3. The normalized spacial score (nSPS) is 11.3. The van der Waals surface area contributed by atoms with E-state index in [1.165, 1.54) is 48.2 Å². The summed E-state index contributed by atoms with van der Waals surface area (Å²) in [5.74, 6) is 1.33. The van der Waals surface area contributed by atoms with Crippen molar-refractivity contribution < 1.29 is 5.11 Å². The summed E-state index contributed by atoms with van der Waals surface area (Å²) in [6.45, 7) is 4.24. The number of fused-ring (bicyclic) bond motifs is 1. The maximum Gasteiger partial charge on any atom is 0.143 e. The maximum atomic E-state index is 10.1. The largest absolute Gasteiger partial charge is 0.506 e. The number of aryl methyl sites for hydroxylation is 1. The predicted octanol–water partition coefficient (Wildman–Crippen LogP) is 5.89. The third-order valence-corrected chi connectivity index (χ3v) is 5.54. The Bertz CT molecular complexity index is 860. The molecule has 1 heterocycles. The fraction of sp³-hybridized carbons (Fsp3) is 0.429. The predicted molar refractivity (Wildman–Crippen MR) is 109 cm³/mol. The molecule has 3 aromatic rings. The number of hydrogen-bond acceptors (Lipinski definition) is 4. The lowest BCUT2D eigenvalue weighted by atomic mass is 10.1. The van der Waals surface area contributed by atoms with Gasteiger partial charge in [-0.25, -0.2) is 0 Å². The summed E-state index contributed by atoms with van der Waals surface area (Å²) < 4.78 is 0. The first-order valence-electron chi connectivity index (χ1n) is 9.47. The van der Waals surface area contributed by atoms with Gasteiger partial charge in [-0.3, -0.25) is 0 Å². The SMILES string of the molecule is CCCCCCCCSc1ccc2nn(-c3cc(C)ccc3O)nc2c1. The van der Waals surface area contributed by atoms with Gasteiger partial charge in [0.1, 0.15) is 22.5 Å². The van der Waals surface area contributed by atoms with Crippen molar-refractivity contribution in [3.8, 4) is 11.4 Å². The highest BCUT2D eigenvalue weighted by atomic mass is 32.2. The van der Waals surface area contributed by atoms with Crippen LogP contribution in [0.5, 0.6) is 5.75 Å². The van der Waals surface area contributed by atoms with Gasteiger partial charge in [0, 0.05) is 4.90 Å².